The van der Waals surface area contributed by atoms with E-state index in [9.17, 15) is 0 Å². The number of nitrogens with zero attached hydrogens (tertiary/aromatic N) is 5. The summed E-state index contributed by atoms with van der Waals surface area (Å²) in [4.78, 5) is 21.7. The van der Waals surface area contributed by atoms with E-state index in [0.29, 0.717) is 17.5 Å². The van der Waals surface area contributed by atoms with E-state index in [2.05, 4.69) is 197 Å². The third kappa shape index (κ3) is 6.15. The molecule has 10 aromatic rings. The Balaban J connectivity index is 1.31. The predicted octanol–water partition coefficient (Wildman–Crippen LogP) is 14.3. The van der Waals surface area contributed by atoms with Gasteiger partial charge in [0.2, 0.25) is 0 Å². The molecule has 0 saturated carbocycles. The van der Waals surface area contributed by atoms with Gasteiger partial charge in [-0.2, -0.15) is 0 Å². The van der Waals surface area contributed by atoms with Crippen molar-refractivity contribution in [3.8, 4) is 73.4 Å². The van der Waals surface area contributed by atoms with Crippen molar-refractivity contribution in [2.75, 3.05) is 0 Å². The van der Waals surface area contributed by atoms with Crippen molar-refractivity contribution in [3.63, 3.8) is 0 Å². The van der Waals surface area contributed by atoms with Crippen molar-refractivity contribution < 1.29 is 0 Å². The highest BCUT2D eigenvalue weighted by Gasteiger charge is 2.31. The van der Waals surface area contributed by atoms with Crippen LogP contribution in [0.4, 0.5) is 0 Å². The summed E-state index contributed by atoms with van der Waals surface area (Å²) < 4.78 is 2.32. The molecule has 3 aromatic heterocycles. The lowest BCUT2D eigenvalue weighted by molar-refractivity contribution is 0.591. The van der Waals surface area contributed by atoms with Crippen LogP contribution in [-0.4, -0.2) is 24.5 Å². The van der Waals surface area contributed by atoms with Crippen molar-refractivity contribution >= 4 is 21.8 Å². The number of hydrogen-bond donors (Lipinski definition) is 0. The van der Waals surface area contributed by atoms with Crippen molar-refractivity contribution in [3.05, 3.63) is 199 Å². The molecule has 298 valence electrons. The van der Waals surface area contributed by atoms with Crippen LogP contribution < -0.4 is 0 Å². The molecule has 0 amide bonds. The Labute approximate surface area is 362 Å². The molecule has 0 unspecified atom stereocenters. The number of rotatable bonds is 4. The van der Waals surface area contributed by atoms with E-state index in [1.807, 2.05) is 24.4 Å². The lowest BCUT2D eigenvalue weighted by Crippen LogP contribution is -2.20. The number of pyridine rings is 1. The van der Waals surface area contributed by atoms with Crippen molar-refractivity contribution in [2.24, 2.45) is 0 Å². The summed E-state index contributed by atoms with van der Waals surface area (Å²) in [6, 6.07) is 62.8. The van der Waals surface area contributed by atoms with Gasteiger partial charge in [-0.1, -0.05) is 180 Å². The van der Waals surface area contributed by atoms with Crippen LogP contribution in [0, 0.1) is 0 Å². The Morgan fingerprint density at radius 1 is 0.452 bits per heavy atom. The summed E-state index contributed by atoms with van der Waals surface area (Å²) in [6.45, 7) is 11.5. The van der Waals surface area contributed by atoms with Gasteiger partial charge in [0, 0.05) is 39.1 Å². The summed E-state index contributed by atoms with van der Waals surface area (Å²) in [5, 5.41) is 2.37. The van der Waals surface area contributed by atoms with Gasteiger partial charge in [0.15, 0.2) is 17.5 Å². The summed E-state index contributed by atoms with van der Waals surface area (Å²) in [6.07, 6.45) is 2.04. The van der Waals surface area contributed by atoms with Gasteiger partial charge in [-0.05, 0) is 80.3 Å². The Morgan fingerprint density at radius 3 is 1.63 bits per heavy atom. The molecule has 7 aromatic carbocycles. The van der Waals surface area contributed by atoms with Crippen LogP contribution in [0.15, 0.2) is 182 Å². The summed E-state index contributed by atoms with van der Waals surface area (Å²) in [7, 11) is 0. The first-order chi connectivity index (χ1) is 30.1. The standard InChI is InChI=1S/C57H45N5/c1-56(2,3)40-28-30-49-45(33-40)46-34-41-29-31-50(46)62(49)55-47(54-60-52(38-22-13-8-14-23-38)59-53(61-54)44-24-15-16-27-48(44)57(41,4)5)32-39(35-58-55)51-42(36-18-9-6-10-19-36)25-17-26-43(51)37-20-11-7-12-21-37/h6-35H,1-5H3. The Bertz CT molecular complexity index is 3280. The second kappa shape index (κ2) is 14.3. The van der Waals surface area contributed by atoms with Crippen molar-refractivity contribution in [2.45, 2.75) is 45.4 Å². The SMILES string of the molecule is CC(C)(C)c1ccc2c(c1)c1cc3ccc1n2-c1ncc(-c2c(-c4ccccc4)cccc2-c2ccccc2)cc1-c1nc(-c2ccccc2)nc(n1)-c1ccccc1C3(C)C. The number of fused-ring (bicyclic) bond motifs is 2. The number of benzene rings is 7. The molecule has 0 fully saturated rings. The van der Waals surface area contributed by atoms with Crippen LogP contribution in [0.3, 0.4) is 0 Å². The zero-order valence-corrected chi connectivity index (χ0v) is 35.6. The van der Waals surface area contributed by atoms with Gasteiger partial charge < -0.3 is 0 Å². The van der Waals surface area contributed by atoms with Gasteiger partial charge >= 0.3 is 0 Å². The molecule has 2 aliphatic heterocycles. The van der Waals surface area contributed by atoms with Crippen LogP contribution in [0.1, 0.15) is 51.3 Å². The van der Waals surface area contributed by atoms with Crippen LogP contribution >= 0.6 is 0 Å². The molecule has 0 spiro atoms. The Kier molecular flexibility index (Phi) is 8.66. The van der Waals surface area contributed by atoms with Crippen LogP contribution in [0.5, 0.6) is 0 Å². The second-order valence-electron chi connectivity index (χ2n) is 17.9. The quantitative estimate of drug-likeness (QED) is 0.178. The fraction of sp³-hybridized carbons (Fsp3) is 0.123. The molecule has 5 heteroatoms. The van der Waals surface area contributed by atoms with Crippen LogP contribution in [-0.2, 0) is 10.8 Å². The van der Waals surface area contributed by atoms with Gasteiger partial charge in [0.25, 0.3) is 0 Å². The van der Waals surface area contributed by atoms with Gasteiger partial charge in [-0.15, -0.1) is 0 Å². The third-order valence-corrected chi connectivity index (χ3v) is 12.7. The summed E-state index contributed by atoms with van der Waals surface area (Å²) >= 11 is 0. The van der Waals surface area contributed by atoms with Gasteiger partial charge in [-0.3, -0.25) is 4.57 Å². The molecule has 0 radical (unpaired) electrons. The first-order valence-corrected chi connectivity index (χ1v) is 21.4. The number of hydrogen-bond acceptors (Lipinski definition) is 4. The highest BCUT2D eigenvalue weighted by Crippen LogP contribution is 2.46. The summed E-state index contributed by atoms with van der Waals surface area (Å²) in [5.41, 5.74) is 14.6. The van der Waals surface area contributed by atoms with E-state index in [1.54, 1.807) is 0 Å². The van der Waals surface area contributed by atoms with Gasteiger partial charge in [0.1, 0.15) is 5.82 Å². The maximum atomic E-state index is 5.55. The topological polar surface area (TPSA) is 56.5 Å². The zero-order chi connectivity index (χ0) is 42.2. The minimum atomic E-state index is -0.401. The molecule has 0 N–H and O–H groups in total. The molecule has 0 saturated heterocycles. The van der Waals surface area contributed by atoms with Crippen molar-refractivity contribution in [1.29, 1.82) is 0 Å². The van der Waals surface area contributed by atoms with E-state index in [4.69, 9.17) is 19.9 Å². The lowest BCUT2D eigenvalue weighted by Gasteiger charge is -2.28. The normalized spacial score (nSPS) is 13.0. The number of aromatic nitrogens is 5. The van der Waals surface area contributed by atoms with Gasteiger partial charge in [-0.25, -0.2) is 19.9 Å². The first-order valence-electron chi connectivity index (χ1n) is 21.4. The minimum absolute atomic E-state index is 0.0396. The maximum absolute atomic E-state index is 5.55. The molecule has 0 atom stereocenters. The van der Waals surface area contributed by atoms with Crippen LogP contribution in [0.2, 0.25) is 0 Å². The molecule has 6 bridgehead atoms. The molecule has 2 aliphatic rings. The molecule has 12 rings (SSSR count). The van der Waals surface area contributed by atoms with Crippen molar-refractivity contribution in [1.82, 2.24) is 24.5 Å². The minimum Gasteiger partial charge on any atom is -0.293 e. The molecule has 5 nitrogen and oxygen atoms in total. The van der Waals surface area contributed by atoms with E-state index in [0.717, 1.165) is 72.5 Å². The van der Waals surface area contributed by atoms with E-state index in [-0.39, 0.29) is 5.41 Å². The van der Waals surface area contributed by atoms with Crippen LogP contribution in [0.25, 0.3) is 95.2 Å². The highest BCUT2D eigenvalue weighted by atomic mass is 15.1. The zero-order valence-electron chi connectivity index (χ0n) is 35.6. The average Bonchev–Trinajstić information content (AvgIpc) is 3.64. The molecular weight excluding hydrogens is 755 g/mol. The lowest BCUT2D eigenvalue weighted by atomic mass is 9.75. The molecular formula is C57H45N5. The van der Waals surface area contributed by atoms with E-state index < -0.39 is 5.41 Å². The first kappa shape index (κ1) is 37.5. The average molecular weight is 800 g/mol. The largest absolute Gasteiger partial charge is 0.293 e. The third-order valence-electron chi connectivity index (χ3n) is 12.7. The Morgan fingerprint density at radius 2 is 0.984 bits per heavy atom. The second-order valence-corrected chi connectivity index (χ2v) is 17.9. The highest BCUT2D eigenvalue weighted by molar-refractivity contribution is 6.10. The fourth-order valence-corrected chi connectivity index (χ4v) is 9.34. The molecule has 62 heavy (non-hydrogen) atoms. The van der Waals surface area contributed by atoms with Gasteiger partial charge in [0.05, 0.1) is 16.6 Å². The fourth-order valence-electron chi connectivity index (χ4n) is 9.34. The monoisotopic (exact) mass is 799 g/mol. The maximum Gasteiger partial charge on any atom is 0.167 e. The smallest absolute Gasteiger partial charge is 0.167 e. The summed E-state index contributed by atoms with van der Waals surface area (Å²) in [5.74, 6) is 2.54. The predicted molar refractivity (Wildman–Crippen MR) is 255 cm³/mol. The molecule has 0 aliphatic carbocycles. The van der Waals surface area contributed by atoms with E-state index in [1.165, 1.54) is 21.9 Å². The Hall–Kier alpha value is -7.50. The van der Waals surface area contributed by atoms with E-state index >= 15 is 0 Å². The molecule has 5 heterocycles.